The maximum Gasteiger partial charge on any atom is 0.315 e. The quantitative estimate of drug-likeness (QED) is 0.638. The molecule has 82 valence electrons. The second-order valence-corrected chi connectivity index (χ2v) is 2.97. The van der Waals surface area contributed by atoms with Gasteiger partial charge in [-0.05, 0) is 12.8 Å². The molecule has 0 saturated carbocycles. The average molecular weight is 209 g/mol. The number of alkyl halides is 2. The minimum atomic E-state index is -3.01. The molecular formula is C8H13F2NO3. The highest BCUT2D eigenvalue weighted by Crippen LogP contribution is 2.04. The first-order valence-corrected chi connectivity index (χ1v) is 4.23. The van der Waals surface area contributed by atoms with E-state index >= 15 is 0 Å². The van der Waals surface area contributed by atoms with Gasteiger partial charge < -0.3 is 10.4 Å². The smallest absolute Gasteiger partial charge is 0.315 e. The molecule has 1 atom stereocenters. The van der Waals surface area contributed by atoms with Gasteiger partial charge >= 0.3 is 12.4 Å². The zero-order chi connectivity index (χ0) is 11.1. The van der Waals surface area contributed by atoms with Crippen molar-refractivity contribution in [2.24, 2.45) is 5.92 Å². The molecule has 6 heteroatoms. The number of rotatable bonds is 6. The van der Waals surface area contributed by atoms with Crippen LogP contribution >= 0.6 is 0 Å². The first kappa shape index (κ1) is 12.8. The Balaban J connectivity index is 3.47. The summed E-state index contributed by atoms with van der Waals surface area (Å²) in [6.45, 7) is 1.61. The molecule has 2 N–H and O–H groups in total. The molecule has 0 aromatic heterocycles. The molecule has 0 spiro atoms. The highest BCUT2D eigenvalue weighted by atomic mass is 19.3. The van der Waals surface area contributed by atoms with Gasteiger partial charge in [-0.15, -0.1) is 0 Å². The summed E-state index contributed by atoms with van der Waals surface area (Å²) in [5.74, 6) is -2.75. The van der Waals surface area contributed by atoms with E-state index in [1.54, 1.807) is 0 Å². The summed E-state index contributed by atoms with van der Waals surface area (Å²) >= 11 is 0. The fourth-order valence-electron chi connectivity index (χ4n) is 0.820. The second-order valence-electron chi connectivity index (χ2n) is 2.97. The minimum absolute atomic E-state index is 0.0841. The molecule has 0 saturated heterocycles. The Bertz CT molecular complexity index is 209. The standard InChI is InChI=1S/C8H13F2NO3/c1-5(8(13)14)3-2-4-11-7(12)6(9)10/h5-6H,2-4H2,1H3,(H,11,12)(H,13,14). The summed E-state index contributed by atoms with van der Waals surface area (Å²) in [7, 11) is 0. The lowest BCUT2D eigenvalue weighted by molar-refractivity contribution is -0.141. The number of nitrogens with one attached hydrogen (secondary N) is 1. The summed E-state index contributed by atoms with van der Waals surface area (Å²) in [4.78, 5) is 20.7. The molecular weight excluding hydrogens is 196 g/mol. The third-order valence-electron chi connectivity index (χ3n) is 1.73. The van der Waals surface area contributed by atoms with Gasteiger partial charge in [-0.25, -0.2) is 0 Å². The third kappa shape index (κ3) is 5.45. The number of carboxylic acid groups (broad SMARTS) is 1. The zero-order valence-electron chi connectivity index (χ0n) is 7.80. The van der Waals surface area contributed by atoms with Crippen molar-refractivity contribution in [3.8, 4) is 0 Å². The van der Waals surface area contributed by atoms with Gasteiger partial charge in [0, 0.05) is 6.54 Å². The summed E-state index contributed by atoms with van der Waals surface area (Å²) in [6, 6.07) is 0. The van der Waals surface area contributed by atoms with Crippen molar-refractivity contribution >= 4 is 11.9 Å². The molecule has 0 aliphatic carbocycles. The van der Waals surface area contributed by atoms with E-state index in [1.807, 2.05) is 5.32 Å². The topological polar surface area (TPSA) is 66.4 Å². The average Bonchev–Trinajstić information content (AvgIpc) is 2.11. The normalized spacial score (nSPS) is 12.6. The molecule has 0 radical (unpaired) electrons. The van der Waals surface area contributed by atoms with Crippen LogP contribution in [0.3, 0.4) is 0 Å². The Morgan fingerprint density at radius 1 is 1.43 bits per heavy atom. The van der Waals surface area contributed by atoms with E-state index in [2.05, 4.69) is 0 Å². The summed E-state index contributed by atoms with van der Waals surface area (Å²) in [5, 5.41) is 10.5. The van der Waals surface area contributed by atoms with Crippen LogP contribution in [0.15, 0.2) is 0 Å². The summed E-state index contributed by atoms with van der Waals surface area (Å²) in [6.07, 6.45) is -2.27. The number of carbonyl (C=O) groups excluding carboxylic acids is 1. The van der Waals surface area contributed by atoms with Crippen LogP contribution < -0.4 is 5.32 Å². The molecule has 0 aliphatic rings. The van der Waals surface area contributed by atoms with Crippen molar-refractivity contribution in [3.05, 3.63) is 0 Å². The second kappa shape index (κ2) is 6.28. The van der Waals surface area contributed by atoms with Crippen LogP contribution in [0, 0.1) is 5.92 Å². The monoisotopic (exact) mass is 209 g/mol. The van der Waals surface area contributed by atoms with Crippen molar-refractivity contribution in [1.29, 1.82) is 0 Å². The number of carboxylic acids is 1. The summed E-state index contributed by atoms with van der Waals surface area (Å²) < 4.78 is 23.3. The number of amides is 1. The molecule has 4 nitrogen and oxygen atoms in total. The molecule has 0 aromatic rings. The highest BCUT2D eigenvalue weighted by Gasteiger charge is 2.14. The summed E-state index contributed by atoms with van der Waals surface area (Å²) in [5.41, 5.74) is 0. The zero-order valence-corrected chi connectivity index (χ0v) is 7.80. The van der Waals surface area contributed by atoms with Crippen LogP contribution in [0.4, 0.5) is 8.78 Å². The van der Waals surface area contributed by atoms with E-state index in [1.165, 1.54) is 6.92 Å². The lowest BCUT2D eigenvalue weighted by Gasteiger charge is -2.06. The maximum atomic E-state index is 11.6. The number of halogens is 2. The van der Waals surface area contributed by atoms with Crippen LogP contribution in [0.25, 0.3) is 0 Å². The fourth-order valence-corrected chi connectivity index (χ4v) is 0.820. The Hall–Kier alpha value is -1.20. The van der Waals surface area contributed by atoms with Crippen LogP contribution in [0.2, 0.25) is 0 Å². The van der Waals surface area contributed by atoms with Crippen molar-refractivity contribution in [2.75, 3.05) is 6.54 Å². The maximum absolute atomic E-state index is 11.6. The molecule has 0 aromatic carbocycles. The Morgan fingerprint density at radius 2 is 2.00 bits per heavy atom. The molecule has 0 heterocycles. The lowest BCUT2D eigenvalue weighted by atomic mass is 10.1. The predicted octanol–water partition coefficient (Wildman–Crippen LogP) is 0.869. The van der Waals surface area contributed by atoms with Crippen molar-refractivity contribution in [1.82, 2.24) is 5.32 Å². The van der Waals surface area contributed by atoms with E-state index in [9.17, 15) is 18.4 Å². The number of carbonyl (C=O) groups is 2. The molecule has 14 heavy (non-hydrogen) atoms. The van der Waals surface area contributed by atoms with Crippen molar-refractivity contribution in [2.45, 2.75) is 26.2 Å². The van der Waals surface area contributed by atoms with Crippen molar-refractivity contribution in [3.63, 3.8) is 0 Å². The van der Waals surface area contributed by atoms with Crippen LogP contribution in [-0.4, -0.2) is 30.0 Å². The number of hydrogen-bond acceptors (Lipinski definition) is 2. The number of hydrogen-bond donors (Lipinski definition) is 2. The Kier molecular flexibility index (Phi) is 5.74. The van der Waals surface area contributed by atoms with Gasteiger partial charge in [0.05, 0.1) is 5.92 Å². The largest absolute Gasteiger partial charge is 0.481 e. The van der Waals surface area contributed by atoms with Crippen LogP contribution in [-0.2, 0) is 9.59 Å². The van der Waals surface area contributed by atoms with E-state index in [0.717, 1.165) is 0 Å². The molecule has 1 amide bonds. The molecule has 1 unspecified atom stereocenters. The van der Waals surface area contributed by atoms with Gasteiger partial charge in [-0.2, -0.15) is 8.78 Å². The van der Waals surface area contributed by atoms with Crippen LogP contribution in [0.1, 0.15) is 19.8 Å². The van der Waals surface area contributed by atoms with Gasteiger partial charge in [0.25, 0.3) is 5.91 Å². The molecule has 0 rings (SSSR count). The SMILES string of the molecule is CC(CCCNC(=O)C(F)F)C(=O)O. The van der Waals surface area contributed by atoms with Gasteiger partial charge in [0.2, 0.25) is 0 Å². The van der Waals surface area contributed by atoms with E-state index in [4.69, 9.17) is 5.11 Å². The van der Waals surface area contributed by atoms with Crippen LogP contribution in [0.5, 0.6) is 0 Å². The first-order valence-electron chi connectivity index (χ1n) is 4.23. The fraction of sp³-hybridized carbons (Fsp3) is 0.750. The van der Waals surface area contributed by atoms with E-state index < -0.39 is 24.2 Å². The third-order valence-corrected chi connectivity index (χ3v) is 1.73. The van der Waals surface area contributed by atoms with Crippen molar-refractivity contribution < 1.29 is 23.5 Å². The highest BCUT2D eigenvalue weighted by molar-refractivity contribution is 5.78. The van der Waals surface area contributed by atoms with Gasteiger partial charge in [-0.1, -0.05) is 6.92 Å². The Labute approximate surface area is 80.3 Å². The Morgan fingerprint density at radius 3 is 2.43 bits per heavy atom. The molecule has 0 fully saturated rings. The van der Waals surface area contributed by atoms with Gasteiger partial charge in [0.15, 0.2) is 0 Å². The van der Waals surface area contributed by atoms with Gasteiger partial charge in [0.1, 0.15) is 0 Å². The lowest BCUT2D eigenvalue weighted by Crippen LogP contribution is -2.30. The minimum Gasteiger partial charge on any atom is -0.481 e. The number of aliphatic carboxylic acids is 1. The van der Waals surface area contributed by atoms with E-state index in [-0.39, 0.29) is 6.54 Å². The predicted molar refractivity (Wildman–Crippen MR) is 45.0 cm³/mol. The van der Waals surface area contributed by atoms with Gasteiger partial charge in [-0.3, -0.25) is 9.59 Å². The van der Waals surface area contributed by atoms with E-state index in [0.29, 0.717) is 12.8 Å². The first-order chi connectivity index (χ1) is 6.45. The molecule has 0 aliphatic heterocycles. The molecule has 0 bridgehead atoms.